The number of hydrogen-bond acceptors (Lipinski definition) is 4. The van der Waals surface area contributed by atoms with Gasteiger partial charge in [0.15, 0.2) is 0 Å². The number of aromatic nitrogens is 2. The molecule has 2 aromatic carbocycles. The molecule has 1 aromatic heterocycles. The van der Waals surface area contributed by atoms with Crippen LogP contribution < -0.4 is 11.3 Å². The topological polar surface area (TPSA) is 81.1 Å². The third kappa shape index (κ3) is 3.32. The Balaban J connectivity index is 0.00000132. The van der Waals surface area contributed by atoms with Gasteiger partial charge >= 0.3 is 0 Å². The van der Waals surface area contributed by atoms with Gasteiger partial charge in [-0.2, -0.15) is 0 Å². The number of aryl methyl sites for hydroxylation is 1. The second-order valence-electron chi connectivity index (χ2n) is 4.89. The van der Waals surface area contributed by atoms with Crippen LogP contribution in [0.4, 0.5) is 5.69 Å². The molecule has 5 nitrogen and oxygen atoms in total. The molecule has 0 aliphatic rings. The molecule has 3 N–H and O–H groups in total. The van der Waals surface area contributed by atoms with Gasteiger partial charge in [-0.15, -0.1) is 24.8 Å². The van der Waals surface area contributed by atoms with E-state index >= 15 is 0 Å². The summed E-state index contributed by atoms with van der Waals surface area (Å²) in [7, 11) is 0. The monoisotopic (exact) mass is 353 g/mol. The number of nitrogens with two attached hydrogens (primary N) is 1. The lowest BCUT2D eigenvalue weighted by Crippen LogP contribution is -2.24. The summed E-state index contributed by atoms with van der Waals surface area (Å²) < 4.78 is 1.44. The molecule has 7 heteroatoms. The van der Waals surface area contributed by atoms with E-state index in [1.807, 2.05) is 31.2 Å². The number of nitrogens with zero attached hydrogens (tertiary/aromatic N) is 2. The van der Waals surface area contributed by atoms with Crippen molar-refractivity contribution in [2.24, 2.45) is 0 Å². The van der Waals surface area contributed by atoms with Crippen LogP contribution in [0.25, 0.3) is 16.6 Å². The van der Waals surface area contributed by atoms with E-state index in [-0.39, 0.29) is 37.0 Å². The van der Waals surface area contributed by atoms with Crippen molar-refractivity contribution >= 4 is 41.4 Å². The fourth-order valence-corrected chi connectivity index (χ4v) is 2.42. The van der Waals surface area contributed by atoms with E-state index in [1.54, 1.807) is 18.2 Å². The quantitative estimate of drug-likeness (QED) is 0.693. The van der Waals surface area contributed by atoms with Crippen molar-refractivity contribution in [1.29, 1.82) is 0 Å². The predicted octanol–water partition coefficient (Wildman–Crippen LogP) is 2.61. The first-order chi connectivity index (χ1) is 10.1. The molecule has 0 radical (unpaired) electrons. The second kappa shape index (κ2) is 7.46. The van der Waals surface area contributed by atoms with Crippen LogP contribution >= 0.6 is 24.8 Å². The number of aliphatic hydroxyl groups excluding tert-OH is 1. The van der Waals surface area contributed by atoms with Crippen LogP contribution in [0.5, 0.6) is 0 Å². The van der Waals surface area contributed by atoms with E-state index in [2.05, 4.69) is 4.98 Å². The lowest BCUT2D eigenvalue weighted by molar-refractivity contribution is 0.268. The van der Waals surface area contributed by atoms with Crippen LogP contribution in [0.1, 0.15) is 11.4 Å². The summed E-state index contributed by atoms with van der Waals surface area (Å²) >= 11 is 0. The second-order valence-corrected chi connectivity index (χ2v) is 4.89. The van der Waals surface area contributed by atoms with Crippen LogP contribution in [0.2, 0.25) is 0 Å². The van der Waals surface area contributed by atoms with E-state index < -0.39 is 0 Å². The molecule has 0 spiro atoms. The summed E-state index contributed by atoms with van der Waals surface area (Å²) in [5.74, 6) is 0.312. The van der Waals surface area contributed by atoms with Gasteiger partial charge in [-0.25, -0.2) is 4.98 Å². The van der Waals surface area contributed by atoms with E-state index in [4.69, 9.17) is 5.73 Å². The van der Waals surface area contributed by atoms with Crippen LogP contribution in [0.15, 0.2) is 47.3 Å². The average molecular weight is 354 g/mol. The standard InChI is InChI=1S/C16H15N3O2.2ClH/c1-10-4-2-3-5-14(10)19-15(9-20)18-13-7-6-11(17)8-12(13)16(19)21;;/h2-8,20H,9,17H2,1H3;2*1H. The number of benzene rings is 2. The third-order valence-corrected chi connectivity index (χ3v) is 3.46. The van der Waals surface area contributed by atoms with E-state index in [1.165, 1.54) is 4.57 Å². The van der Waals surface area contributed by atoms with Gasteiger partial charge in [0.25, 0.3) is 5.56 Å². The number of rotatable bonds is 2. The molecule has 3 aromatic rings. The minimum absolute atomic E-state index is 0. The first-order valence-electron chi connectivity index (χ1n) is 6.60. The summed E-state index contributed by atoms with van der Waals surface area (Å²) in [6.45, 7) is 1.59. The van der Waals surface area contributed by atoms with E-state index in [9.17, 15) is 9.90 Å². The molecule has 0 atom stereocenters. The number of anilines is 1. The molecule has 0 aliphatic heterocycles. The molecule has 0 aliphatic carbocycles. The van der Waals surface area contributed by atoms with Gasteiger partial charge in [0.2, 0.25) is 0 Å². The summed E-state index contributed by atoms with van der Waals surface area (Å²) in [6, 6.07) is 12.5. The van der Waals surface area contributed by atoms with Gasteiger partial charge in [-0.1, -0.05) is 18.2 Å². The Morgan fingerprint density at radius 2 is 1.87 bits per heavy atom. The molecule has 0 unspecified atom stereocenters. The summed E-state index contributed by atoms with van der Waals surface area (Å²) in [5, 5.41) is 10.0. The zero-order valence-corrected chi connectivity index (χ0v) is 14.0. The molecular weight excluding hydrogens is 337 g/mol. The van der Waals surface area contributed by atoms with Gasteiger partial charge in [-0.3, -0.25) is 9.36 Å². The zero-order valence-electron chi connectivity index (χ0n) is 12.4. The highest BCUT2D eigenvalue weighted by Gasteiger charge is 2.13. The molecule has 0 amide bonds. The molecule has 1 heterocycles. The molecule has 122 valence electrons. The molecular formula is C16H17Cl2N3O2. The van der Waals surface area contributed by atoms with Gasteiger partial charge in [-0.05, 0) is 36.8 Å². The summed E-state index contributed by atoms with van der Waals surface area (Å²) in [6.07, 6.45) is 0. The lowest BCUT2D eigenvalue weighted by Gasteiger charge is -2.14. The van der Waals surface area contributed by atoms with Crippen molar-refractivity contribution in [3.05, 3.63) is 64.2 Å². The van der Waals surface area contributed by atoms with Gasteiger partial charge in [0, 0.05) is 5.69 Å². The number of para-hydroxylation sites is 1. The first-order valence-corrected chi connectivity index (χ1v) is 6.60. The Morgan fingerprint density at radius 3 is 2.52 bits per heavy atom. The Kier molecular flexibility index (Phi) is 6.15. The number of aliphatic hydroxyl groups is 1. The number of hydrogen-bond donors (Lipinski definition) is 2. The van der Waals surface area contributed by atoms with Crippen LogP contribution in [0.3, 0.4) is 0 Å². The van der Waals surface area contributed by atoms with Crippen molar-refractivity contribution in [2.45, 2.75) is 13.5 Å². The molecule has 3 rings (SSSR count). The van der Waals surface area contributed by atoms with Crippen LogP contribution in [-0.2, 0) is 6.61 Å². The Morgan fingerprint density at radius 1 is 1.17 bits per heavy atom. The number of halogens is 2. The van der Waals surface area contributed by atoms with E-state index in [0.29, 0.717) is 28.1 Å². The SMILES string of the molecule is Cc1ccccc1-n1c(CO)nc2ccc(N)cc2c1=O.Cl.Cl. The van der Waals surface area contributed by atoms with Gasteiger partial charge < -0.3 is 10.8 Å². The third-order valence-electron chi connectivity index (χ3n) is 3.46. The van der Waals surface area contributed by atoms with Crippen molar-refractivity contribution in [2.75, 3.05) is 5.73 Å². The highest BCUT2D eigenvalue weighted by molar-refractivity contribution is 5.85. The largest absolute Gasteiger partial charge is 0.399 e. The molecule has 0 saturated carbocycles. The zero-order chi connectivity index (χ0) is 15.0. The minimum atomic E-state index is -0.316. The molecule has 0 saturated heterocycles. The maximum atomic E-state index is 12.8. The molecule has 0 fully saturated rings. The smallest absolute Gasteiger partial charge is 0.266 e. The summed E-state index contributed by atoms with van der Waals surface area (Å²) in [5.41, 5.74) is 8.21. The molecule has 23 heavy (non-hydrogen) atoms. The first kappa shape index (κ1) is 19.0. The fourth-order valence-electron chi connectivity index (χ4n) is 2.42. The highest BCUT2D eigenvalue weighted by Crippen LogP contribution is 2.17. The van der Waals surface area contributed by atoms with Crippen molar-refractivity contribution in [3.63, 3.8) is 0 Å². The Hall–Kier alpha value is -2.08. The predicted molar refractivity (Wildman–Crippen MR) is 96.9 cm³/mol. The number of fused-ring (bicyclic) bond motifs is 1. The molecule has 0 bridgehead atoms. The average Bonchev–Trinajstić information content (AvgIpc) is 2.49. The Labute approximate surface area is 145 Å². The van der Waals surface area contributed by atoms with Crippen LogP contribution in [0, 0.1) is 6.92 Å². The Bertz CT molecular complexity index is 894. The summed E-state index contributed by atoms with van der Waals surface area (Å²) in [4.78, 5) is 17.1. The highest BCUT2D eigenvalue weighted by atomic mass is 35.5. The van der Waals surface area contributed by atoms with Crippen molar-refractivity contribution < 1.29 is 5.11 Å². The van der Waals surface area contributed by atoms with Crippen LogP contribution in [-0.4, -0.2) is 14.7 Å². The van der Waals surface area contributed by atoms with Gasteiger partial charge in [0.1, 0.15) is 12.4 Å². The fraction of sp³-hybridized carbons (Fsp3) is 0.125. The minimum Gasteiger partial charge on any atom is -0.399 e. The van der Waals surface area contributed by atoms with Gasteiger partial charge in [0.05, 0.1) is 16.6 Å². The number of nitrogen functional groups attached to an aromatic ring is 1. The van der Waals surface area contributed by atoms with Crippen molar-refractivity contribution in [1.82, 2.24) is 9.55 Å². The normalized spacial score (nSPS) is 10.0. The lowest BCUT2D eigenvalue weighted by atomic mass is 10.1. The maximum Gasteiger partial charge on any atom is 0.266 e. The van der Waals surface area contributed by atoms with Crippen molar-refractivity contribution in [3.8, 4) is 5.69 Å². The van der Waals surface area contributed by atoms with E-state index in [0.717, 1.165) is 5.56 Å². The maximum absolute atomic E-state index is 12.8.